The molecular formula is C39H48N4O6. The minimum atomic E-state index is -1.02. The number of aliphatic hydroxyl groups excluding tert-OH is 1. The molecule has 0 fully saturated rings. The molecule has 3 aromatic carbocycles. The summed E-state index contributed by atoms with van der Waals surface area (Å²) in [7, 11) is 3.55. The summed E-state index contributed by atoms with van der Waals surface area (Å²) in [6.07, 6.45) is 1.14. The predicted octanol–water partition coefficient (Wildman–Crippen LogP) is 7.78. The standard InChI is InChI=1S/C39H48N4O6/c1-25(2)34-33(31(24-44)40-42(34)7)30-18-11-17-28-29(19-12-23-48-32-20-10-15-26-14-8-9-16-27(26)32)36(37(45)46)43(35(28)30)22-13-21-41(6)38(47)49-39(3,4)5/h8-11,14-18,20,25,44H,12-13,19,21-24H2,1-7H3,(H,45,46). The van der Waals surface area contributed by atoms with Crippen molar-refractivity contribution in [1.29, 1.82) is 0 Å². The number of carboxylic acid groups (broad SMARTS) is 1. The number of aryl methyl sites for hydroxylation is 3. The summed E-state index contributed by atoms with van der Waals surface area (Å²) in [5.41, 5.74) is 4.22. The number of carbonyl (C=O) groups excluding carboxylic acids is 1. The van der Waals surface area contributed by atoms with Crippen LogP contribution in [0, 0.1) is 0 Å². The van der Waals surface area contributed by atoms with Gasteiger partial charge in [-0.25, -0.2) is 9.59 Å². The van der Waals surface area contributed by atoms with Crippen LogP contribution in [0.2, 0.25) is 0 Å². The number of amides is 1. The zero-order chi connectivity index (χ0) is 35.5. The minimum Gasteiger partial charge on any atom is -0.493 e. The average Bonchev–Trinajstić information content (AvgIpc) is 3.56. The van der Waals surface area contributed by atoms with Gasteiger partial charge in [0, 0.05) is 54.8 Å². The van der Waals surface area contributed by atoms with Crippen LogP contribution in [0.15, 0.2) is 60.7 Å². The first-order valence-electron chi connectivity index (χ1n) is 16.9. The maximum atomic E-state index is 13.1. The van der Waals surface area contributed by atoms with Gasteiger partial charge in [0.2, 0.25) is 0 Å². The van der Waals surface area contributed by atoms with Gasteiger partial charge >= 0.3 is 12.1 Å². The van der Waals surface area contributed by atoms with Crippen LogP contribution in [0.1, 0.15) is 80.8 Å². The molecule has 0 radical (unpaired) electrons. The number of benzene rings is 3. The van der Waals surface area contributed by atoms with Crippen LogP contribution < -0.4 is 4.74 Å². The number of rotatable bonds is 13. The lowest BCUT2D eigenvalue weighted by Gasteiger charge is -2.24. The van der Waals surface area contributed by atoms with E-state index >= 15 is 0 Å². The third-order valence-corrected chi connectivity index (χ3v) is 8.68. The first-order valence-corrected chi connectivity index (χ1v) is 16.9. The molecule has 5 aromatic rings. The molecule has 0 aliphatic carbocycles. The Balaban J connectivity index is 1.54. The van der Waals surface area contributed by atoms with Crippen molar-refractivity contribution < 1.29 is 29.3 Å². The van der Waals surface area contributed by atoms with E-state index < -0.39 is 17.7 Å². The van der Waals surface area contributed by atoms with Crippen molar-refractivity contribution in [3.05, 3.63) is 83.3 Å². The SMILES string of the molecule is CC(C)c1c(-c2cccc3c(CCCOc4cccc5ccccc45)c(C(=O)O)n(CCCN(C)C(=O)OC(C)(C)C)c23)c(CO)nn1C. The lowest BCUT2D eigenvalue weighted by molar-refractivity contribution is 0.0294. The molecule has 0 aliphatic heterocycles. The van der Waals surface area contributed by atoms with Crippen LogP contribution in [0.25, 0.3) is 32.8 Å². The van der Waals surface area contributed by atoms with Gasteiger partial charge in [-0.05, 0) is 63.0 Å². The first-order chi connectivity index (χ1) is 23.3. The van der Waals surface area contributed by atoms with Gasteiger partial charge in [-0.2, -0.15) is 5.10 Å². The van der Waals surface area contributed by atoms with Gasteiger partial charge in [-0.15, -0.1) is 0 Å². The molecule has 0 saturated carbocycles. The van der Waals surface area contributed by atoms with Gasteiger partial charge in [0.25, 0.3) is 0 Å². The summed E-state index contributed by atoms with van der Waals surface area (Å²) in [5, 5.41) is 28.7. The molecule has 260 valence electrons. The van der Waals surface area contributed by atoms with Gasteiger partial charge < -0.3 is 29.2 Å². The van der Waals surface area contributed by atoms with Crippen molar-refractivity contribution >= 4 is 33.7 Å². The zero-order valence-corrected chi connectivity index (χ0v) is 29.6. The van der Waals surface area contributed by atoms with E-state index in [2.05, 4.69) is 18.9 Å². The second-order valence-corrected chi connectivity index (χ2v) is 13.8. The lowest BCUT2D eigenvalue weighted by Crippen LogP contribution is -2.35. The molecule has 49 heavy (non-hydrogen) atoms. The molecule has 0 atom stereocenters. The molecule has 0 bridgehead atoms. The summed E-state index contributed by atoms with van der Waals surface area (Å²) < 4.78 is 15.4. The Bertz CT molecular complexity index is 1960. The van der Waals surface area contributed by atoms with Crippen molar-refractivity contribution in [2.24, 2.45) is 7.05 Å². The molecule has 10 nitrogen and oxygen atoms in total. The average molecular weight is 669 g/mol. The maximum absolute atomic E-state index is 13.1. The fraction of sp³-hybridized carbons (Fsp3) is 0.410. The van der Waals surface area contributed by atoms with Crippen LogP contribution in [-0.4, -0.2) is 67.3 Å². The monoisotopic (exact) mass is 668 g/mol. The first kappa shape index (κ1) is 35.5. The highest BCUT2D eigenvalue weighted by Gasteiger charge is 2.28. The Morgan fingerprint density at radius 3 is 2.37 bits per heavy atom. The number of carbonyl (C=O) groups is 2. The van der Waals surface area contributed by atoms with E-state index in [9.17, 15) is 19.8 Å². The molecule has 1 amide bonds. The number of nitrogens with zero attached hydrogens (tertiary/aromatic N) is 4. The molecule has 2 heterocycles. The fourth-order valence-corrected chi connectivity index (χ4v) is 6.71. The van der Waals surface area contributed by atoms with E-state index in [1.807, 2.05) is 93.0 Å². The van der Waals surface area contributed by atoms with E-state index in [0.29, 0.717) is 44.7 Å². The number of aromatic nitrogens is 3. The number of aliphatic hydroxyl groups is 1. The van der Waals surface area contributed by atoms with Gasteiger partial charge in [-0.3, -0.25) is 4.68 Å². The summed E-state index contributed by atoms with van der Waals surface area (Å²) >= 11 is 0. The Kier molecular flexibility index (Phi) is 10.7. The zero-order valence-electron chi connectivity index (χ0n) is 29.6. The third-order valence-electron chi connectivity index (χ3n) is 8.68. The third kappa shape index (κ3) is 7.59. The Morgan fingerprint density at radius 1 is 0.980 bits per heavy atom. The molecule has 10 heteroatoms. The number of para-hydroxylation sites is 1. The predicted molar refractivity (Wildman–Crippen MR) is 192 cm³/mol. The molecule has 0 aliphatic rings. The Hall–Kier alpha value is -4.83. The highest BCUT2D eigenvalue weighted by molar-refractivity contribution is 6.04. The quantitative estimate of drug-likeness (QED) is 0.123. The van der Waals surface area contributed by atoms with Crippen LogP contribution in [0.3, 0.4) is 0 Å². The summed E-state index contributed by atoms with van der Waals surface area (Å²) in [6, 6.07) is 19.9. The smallest absolute Gasteiger partial charge is 0.410 e. The topological polar surface area (TPSA) is 119 Å². The van der Waals surface area contributed by atoms with Crippen molar-refractivity contribution in [1.82, 2.24) is 19.2 Å². The van der Waals surface area contributed by atoms with Gasteiger partial charge in [-0.1, -0.05) is 68.4 Å². The number of hydrogen-bond acceptors (Lipinski definition) is 6. The van der Waals surface area contributed by atoms with Gasteiger partial charge in [0.1, 0.15) is 17.0 Å². The van der Waals surface area contributed by atoms with E-state index in [-0.39, 0.29) is 18.2 Å². The van der Waals surface area contributed by atoms with Crippen LogP contribution in [0.5, 0.6) is 5.75 Å². The number of aromatic carboxylic acids is 1. The maximum Gasteiger partial charge on any atom is 0.410 e. The number of fused-ring (bicyclic) bond motifs is 2. The lowest BCUT2D eigenvalue weighted by atomic mass is 9.94. The minimum absolute atomic E-state index is 0.0959. The Morgan fingerprint density at radius 2 is 1.67 bits per heavy atom. The van der Waals surface area contributed by atoms with Crippen LogP contribution >= 0.6 is 0 Å². The molecule has 0 spiro atoms. The molecule has 2 aromatic heterocycles. The fourth-order valence-electron chi connectivity index (χ4n) is 6.71. The van der Waals surface area contributed by atoms with Crippen LogP contribution in [0.4, 0.5) is 4.79 Å². The van der Waals surface area contributed by atoms with Gasteiger partial charge in [0.05, 0.1) is 24.4 Å². The normalized spacial score (nSPS) is 11.9. The van der Waals surface area contributed by atoms with Gasteiger partial charge in [0.15, 0.2) is 0 Å². The molecule has 0 unspecified atom stereocenters. The molecule has 5 rings (SSSR count). The van der Waals surface area contributed by atoms with E-state index in [0.717, 1.165) is 49.8 Å². The van der Waals surface area contributed by atoms with Crippen molar-refractivity contribution in [3.8, 4) is 16.9 Å². The number of ether oxygens (including phenoxy) is 2. The van der Waals surface area contributed by atoms with E-state index in [1.165, 1.54) is 4.90 Å². The highest BCUT2D eigenvalue weighted by atomic mass is 16.6. The highest BCUT2D eigenvalue weighted by Crippen LogP contribution is 2.40. The Labute approximate surface area is 287 Å². The second kappa shape index (κ2) is 14.7. The van der Waals surface area contributed by atoms with Crippen molar-refractivity contribution in [3.63, 3.8) is 0 Å². The summed E-state index contributed by atoms with van der Waals surface area (Å²) in [5.74, 6) is -0.131. The number of hydrogen-bond donors (Lipinski definition) is 2. The van der Waals surface area contributed by atoms with Crippen LogP contribution in [-0.2, 0) is 31.4 Å². The molecule has 2 N–H and O–H groups in total. The summed E-state index contributed by atoms with van der Waals surface area (Å²) in [4.78, 5) is 27.3. The molecular weight excluding hydrogens is 620 g/mol. The molecule has 0 saturated heterocycles. The number of carboxylic acids is 1. The van der Waals surface area contributed by atoms with E-state index in [4.69, 9.17) is 9.47 Å². The van der Waals surface area contributed by atoms with Crippen molar-refractivity contribution in [2.45, 2.75) is 78.6 Å². The second-order valence-electron chi connectivity index (χ2n) is 13.8. The largest absolute Gasteiger partial charge is 0.493 e. The summed E-state index contributed by atoms with van der Waals surface area (Å²) in [6.45, 7) is 10.5. The van der Waals surface area contributed by atoms with E-state index in [1.54, 1.807) is 11.7 Å². The van der Waals surface area contributed by atoms with Crippen molar-refractivity contribution in [2.75, 3.05) is 20.2 Å².